The summed E-state index contributed by atoms with van der Waals surface area (Å²) in [6.07, 6.45) is 2.71. The van der Waals surface area contributed by atoms with Gasteiger partial charge in [0.15, 0.2) is 0 Å². The Morgan fingerprint density at radius 2 is 2.11 bits per heavy atom. The van der Waals surface area contributed by atoms with Crippen LogP contribution in [0.4, 0.5) is 5.69 Å². The smallest absolute Gasteiger partial charge is 0.256 e. The highest BCUT2D eigenvalue weighted by atomic mass is 16.2. The fourth-order valence-corrected chi connectivity index (χ4v) is 1.98. The molecule has 0 aliphatic carbocycles. The predicted octanol–water partition coefficient (Wildman–Crippen LogP) is 3.55. The van der Waals surface area contributed by atoms with Crippen molar-refractivity contribution in [2.45, 2.75) is 33.2 Å². The van der Waals surface area contributed by atoms with Crippen LogP contribution in [-0.2, 0) is 0 Å². The highest BCUT2D eigenvalue weighted by Crippen LogP contribution is 2.18. The zero-order valence-corrected chi connectivity index (χ0v) is 12.1. The molecule has 19 heavy (non-hydrogen) atoms. The molecular weight excluding hydrogens is 236 g/mol. The molecule has 0 saturated heterocycles. The molecule has 3 nitrogen and oxygen atoms in total. The summed E-state index contributed by atoms with van der Waals surface area (Å²) in [4.78, 5) is 14.4. The summed E-state index contributed by atoms with van der Waals surface area (Å²) in [5.41, 5.74) is 1.62. The second kappa shape index (κ2) is 7.62. The van der Waals surface area contributed by atoms with E-state index in [4.69, 9.17) is 0 Å². The number of nitrogens with one attached hydrogen (secondary N) is 1. The van der Waals surface area contributed by atoms with Crippen LogP contribution >= 0.6 is 0 Å². The van der Waals surface area contributed by atoms with Gasteiger partial charge in [0.1, 0.15) is 0 Å². The molecule has 0 saturated carbocycles. The third-order valence-corrected chi connectivity index (χ3v) is 2.73. The van der Waals surface area contributed by atoms with Gasteiger partial charge in [-0.05, 0) is 32.4 Å². The molecule has 0 atom stereocenters. The van der Waals surface area contributed by atoms with Crippen molar-refractivity contribution < 1.29 is 4.79 Å². The van der Waals surface area contributed by atoms with Crippen molar-refractivity contribution >= 4 is 11.6 Å². The van der Waals surface area contributed by atoms with Crippen molar-refractivity contribution in [3.05, 3.63) is 42.5 Å². The second-order valence-electron chi connectivity index (χ2n) is 4.88. The van der Waals surface area contributed by atoms with Gasteiger partial charge in [-0.3, -0.25) is 4.79 Å². The molecule has 0 bridgehead atoms. The largest absolute Gasteiger partial charge is 0.382 e. The van der Waals surface area contributed by atoms with Crippen LogP contribution < -0.4 is 5.32 Å². The van der Waals surface area contributed by atoms with Gasteiger partial charge in [0.05, 0.1) is 5.56 Å². The number of anilines is 1. The number of hydrogen-bond donors (Lipinski definition) is 1. The lowest BCUT2D eigenvalue weighted by Gasteiger charge is -2.22. The predicted molar refractivity (Wildman–Crippen MR) is 81.6 cm³/mol. The quantitative estimate of drug-likeness (QED) is 0.760. The van der Waals surface area contributed by atoms with Gasteiger partial charge in [0, 0.05) is 24.8 Å². The van der Waals surface area contributed by atoms with Crippen LogP contribution in [-0.4, -0.2) is 29.9 Å². The van der Waals surface area contributed by atoms with Gasteiger partial charge in [-0.1, -0.05) is 25.1 Å². The highest BCUT2D eigenvalue weighted by Gasteiger charge is 2.17. The van der Waals surface area contributed by atoms with Crippen molar-refractivity contribution in [1.82, 2.24) is 4.90 Å². The Hall–Kier alpha value is -1.77. The zero-order chi connectivity index (χ0) is 14.3. The fraction of sp³-hybridized carbons (Fsp3) is 0.438. The standard InChI is InChI=1S/C16H24N2O/c1-5-11-18(12-6-2)16(19)14-9-7-8-10-15(14)17-13(3)4/h5,7-10,13,17H,1,6,11-12H2,2-4H3. The lowest BCUT2D eigenvalue weighted by atomic mass is 10.1. The molecule has 0 radical (unpaired) electrons. The molecule has 3 heteroatoms. The molecular formula is C16H24N2O. The summed E-state index contributed by atoms with van der Waals surface area (Å²) in [6, 6.07) is 7.97. The summed E-state index contributed by atoms with van der Waals surface area (Å²) < 4.78 is 0. The number of nitrogens with zero attached hydrogens (tertiary/aromatic N) is 1. The first-order chi connectivity index (χ1) is 9.10. The molecule has 0 fully saturated rings. The maximum Gasteiger partial charge on any atom is 0.256 e. The van der Waals surface area contributed by atoms with Crippen LogP contribution in [0.15, 0.2) is 36.9 Å². The fourth-order valence-electron chi connectivity index (χ4n) is 1.98. The first-order valence-corrected chi connectivity index (χ1v) is 6.85. The van der Waals surface area contributed by atoms with Crippen LogP contribution in [0.5, 0.6) is 0 Å². The van der Waals surface area contributed by atoms with Gasteiger partial charge >= 0.3 is 0 Å². The number of amides is 1. The Morgan fingerprint density at radius 3 is 2.68 bits per heavy atom. The van der Waals surface area contributed by atoms with Crippen molar-refractivity contribution in [2.24, 2.45) is 0 Å². The lowest BCUT2D eigenvalue weighted by molar-refractivity contribution is 0.0775. The third kappa shape index (κ3) is 4.43. The maximum absolute atomic E-state index is 12.6. The minimum Gasteiger partial charge on any atom is -0.382 e. The maximum atomic E-state index is 12.6. The van der Waals surface area contributed by atoms with Crippen molar-refractivity contribution in [3.8, 4) is 0 Å². The van der Waals surface area contributed by atoms with Crippen molar-refractivity contribution in [2.75, 3.05) is 18.4 Å². The number of carbonyl (C=O) groups excluding carboxylic acids is 1. The monoisotopic (exact) mass is 260 g/mol. The minimum absolute atomic E-state index is 0.0606. The second-order valence-corrected chi connectivity index (χ2v) is 4.88. The molecule has 1 rings (SSSR count). The summed E-state index contributed by atoms with van der Waals surface area (Å²) in [6.45, 7) is 11.3. The molecule has 0 aliphatic rings. The van der Waals surface area contributed by atoms with Crippen LogP contribution in [0.3, 0.4) is 0 Å². The van der Waals surface area contributed by atoms with E-state index >= 15 is 0 Å². The molecule has 1 N–H and O–H groups in total. The summed E-state index contributed by atoms with van der Waals surface area (Å²) in [5, 5.41) is 3.32. The van der Waals surface area contributed by atoms with Gasteiger partial charge in [-0.15, -0.1) is 6.58 Å². The van der Waals surface area contributed by atoms with Gasteiger partial charge in [0.2, 0.25) is 0 Å². The van der Waals surface area contributed by atoms with Crippen LogP contribution in [0.2, 0.25) is 0 Å². The Balaban J connectivity index is 2.99. The molecule has 0 unspecified atom stereocenters. The summed E-state index contributed by atoms with van der Waals surface area (Å²) >= 11 is 0. The normalized spacial score (nSPS) is 10.3. The highest BCUT2D eigenvalue weighted by molar-refractivity contribution is 5.99. The SMILES string of the molecule is C=CCN(CCC)C(=O)c1ccccc1NC(C)C. The van der Waals surface area contributed by atoms with E-state index in [0.717, 1.165) is 24.2 Å². The summed E-state index contributed by atoms with van der Waals surface area (Å²) in [5.74, 6) is 0.0606. The van der Waals surface area contributed by atoms with Crippen molar-refractivity contribution in [3.63, 3.8) is 0 Å². The van der Waals surface area contributed by atoms with E-state index in [1.54, 1.807) is 6.08 Å². The van der Waals surface area contributed by atoms with Crippen LogP contribution in [0, 0.1) is 0 Å². The number of benzene rings is 1. The van der Waals surface area contributed by atoms with Crippen LogP contribution in [0.1, 0.15) is 37.6 Å². The number of para-hydroxylation sites is 1. The Morgan fingerprint density at radius 1 is 1.42 bits per heavy atom. The lowest BCUT2D eigenvalue weighted by Crippen LogP contribution is -2.32. The minimum atomic E-state index is 0.0606. The van der Waals surface area contributed by atoms with E-state index in [0.29, 0.717) is 12.6 Å². The van der Waals surface area contributed by atoms with Gasteiger partial charge in [-0.2, -0.15) is 0 Å². The van der Waals surface area contributed by atoms with E-state index < -0.39 is 0 Å². The van der Waals surface area contributed by atoms with Gasteiger partial charge < -0.3 is 10.2 Å². The Bertz CT molecular complexity index is 427. The average molecular weight is 260 g/mol. The first kappa shape index (κ1) is 15.3. The number of hydrogen-bond acceptors (Lipinski definition) is 2. The number of rotatable bonds is 7. The Labute approximate surface area is 116 Å². The molecule has 0 aromatic heterocycles. The Kier molecular flexibility index (Phi) is 6.13. The molecule has 0 aliphatic heterocycles. The summed E-state index contributed by atoms with van der Waals surface area (Å²) in [7, 11) is 0. The molecule has 1 aromatic rings. The molecule has 0 heterocycles. The zero-order valence-electron chi connectivity index (χ0n) is 12.1. The van der Waals surface area contributed by atoms with E-state index in [1.807, 2.05) is 29.2 Å². The van der Waals surface area contributed by atoms with Gasteiger partial charge in [-0.25, -0.2) is 0 Å². The molecule has 0 spiro atoms. The average Bonchev–Trinajstić information content (AvgIpc) is 2.38. The van der Waals surface area contributed by atoms with E-state index in [1.165, 1.54) is 0 Å². The molecule has 104 valence electrons. The van der Waals surface area contributed by atoms with Crippen LogP contribution in [0.25, 0.3) is 0 Å². The topological polar surface area (TPSA) is 32.3 Å². The van der Waals surface area contributed by atoms with E-state index in [9.17, 15) is 4.79 Å². The number of carbonyl (C=O) groups is 1. The van der Waals surface area contributed by atoms with E-state index in [2.05, 4.69) is 32.7 Å². The van der Waals surface area contributed by atoms with E-state index in [-0.39, 0.29) is 5.91 Å². The third-order valence-electron chi connectivity index (χ3n) is 2.73. The molecule has 1 amide bonds. The van der Waals surface area contributed by atoms with Crippen molar-refractivity contribution in [1.29, 1.82) is 0 Å². The van der Waals surface area contributed by atoms with Gasteiger partial charge in [0.25, 0.3) is 5.91 Å². The molecule has 1 aromatic carbocycles. The first-order valence-electron chi connectivity index (χ1n) is 6.85.